The summed E-state index contributed by atoms with van der Waals surface area (Å²) in [5.41, 5.74) is 1.63. The van der Waals surface area contributed by atoms with Gasteiger partial charge in [0.05, 0.1) is 0 Å². The Morgan fingerprint density at radius 1 is 1.37 bits per heavy atom. The molecule has 1 heterocycles. The van der Waals surface area contributed by atoms with Crippen LogP contribution >= 0.6 is 43.5 Å². The van der Waals surface area contributed by atoms with Crippen molar-refractivity contribution in [1.29, 1.82) is 0 Å². The second kappa shape index (κ2) is 6.11. The van der Waals surface area contributed by atoms with Crippen molar-refractivity contribution in [2.24, 2.45) is 0 Å². The van der Waals surface area contributed by atoms with Crippen molar-refractivity contribution in [2.45, 2.75) is 13.5 Å². The molecule has 2 aromatic rings. The van der Waals surface area contributed by atoms with Gasteiger partial charge in [0.1, 0.15) is 0 Å². The molecule has 0 spiro atoms. The Labute approximate surface area is 132 Å². The molecule has 1 aromatic carbocycles. The highest BCUT2D eigenvalue weighted by atomic mass is 79.9. The molecule has 0 aliphatic heterocycles. The second-order valence-corrected chi connectivity index (χ2v) is 6.09. The van der Waals surface area contributed by atoms with E-state index in [4.69, 9.17) is 16.0 Å². The average Bonchev–Trinajstić information content (AvgIpc) is 2.67. The maximum Gasteiger partial charge on any atom is 0.287 e. The number of hydrogen-bond acceptors (Lipinski definition) is 2. The molecule has 0 atom stereocenters. The number of halogens is 3. The molecule has 0 fully saturated rings. The first-order chi connectivity index (χ1) is 8.97. The summed E-state index contributed by atoms with van der Waals surface area (Å²) in [6, 6.07) is 7.28. The lowest BCUT2D eigenvalue weighted by Crippen LogP contribution is -2.23. The molecular weight excluding hydrogens is 397 g/mol. The molecule has 1 amide bonds. The fourth-order valence-corrected chi connectivity index (χ4v) is 2.83. The van der Waals surface area contributed by atoms with Crippen LogP contribution in [0.2, 0.25) is 5.02 Å². The minimum atomic E-state index is -0.262. The number of carbonyl (C=O) groups excluding carboxylic acids is 1. The standard InChI is InChI=1S/C13H10Br2ClNO2/c1-7-4-11(15)19-12(7)13(18)17-6-8-2-3-9(14)5-10(8)16/h2-5H,6H2,1H3,(H,17,18). The number of carbonyl (C=O) groups is 1. The van der Waals surface area contributed by atoms with Gasteiger partial charge in [-0.15, -0.1) is 0 Å². The number of aryl methyl sites for hydroxylation is 1. The van der Waals surface area contributed by atoms with Crippen LogP contribution in [0.3, 0.4) is 0 Å². The highest BCUT2D eigenvalue weighted by Crippen LogP contribution is 2.22. The van der Waals surface area contributed by atoms with Gasteiger partial charge in [0.2, 0.25) is 0 Å². The van der Waals surface area contributed by atoms with E-state index in [1.165, 1.54) is 0 Å². The van der Waals surface area contributed by atoms with Crippen LogP contribution in [0.5, 0.6) is 0 Å². The van der Waals surface area contributed by atoms with Crippen LogP contribution in [0, 0.1) is 6.92 Å². The molecule has 0 aliphatic rings. The van der Waals surface area contributed by atoms with Gasteiger partial charge in [-0.25, -0.2) is 0 Å². The smallest absolute Gasteiger partial charge is 0.287 e. The molecule has 1 aromatic heterocycles. The number of nitrogens with one attached hydrogen (secondary N) is 1. The molecule has 0 radical (unpaired) electrons. The van der Waals surface area contributed by atoms with Crippen molar-refractivity contribution in [1.82, 2.24) is 5.32 Å². The summed E-state index contributed by atoms with van der Waals surface area (Å²) < 4.78 is 6.72. The Kier molecular flexibility index (Phi) is 4.71. The third kappa shape index (κ3) is 3.61. The normalized spacial score (nSPS) is 10.5. The van der Waals surface area contributed by atoms with E-state index >= 15 is 0 Å². The van der Waals surface area contributed by atoms with Crippen molar-refractivity contribution < 1.29 is 9.21 Å². The Balaban J connectivity index is 2.06. The van der Waals surface area contributed by atoms with E-state index in [0.717, 1.165) is 15.6 Å². The van der Waals surface area contributed by atoms with Crippen molar-refractivity contribution >= 4 is 49.4 Å². The van der Waals surface area contributed by atoms with Crippen molar-refractivity contribution in [2.75, 3.05) is 0 Å². The maximum atomic E-state index is 12.0. The van der Waals surface area contributed by atoms with E-state index in [1.54, 1.807) is 12.1 Å². The molecule has 1 N–H and O–H groups in total. The van der Waals surface area contributed by atoms with E-state index in [1.807, 2.05) is 19.1 Å². The lowest BCUT2D eigenvalue weighted by Gasteiger charge is -2.06. The summed E-state index contributed by atoms with van der Waals surface area (Å²) >= 11 is 12.6. The van der Waals surface area contributed by atoms with Gasteiger partial charge < -0.3 is 9.73 Å². The first-order valence-electron chi connectivity index (χ1n) is 5.45. The molecule has 3 nitrogen and oxygen atoms in total. The highest BCUT2D eigenvalue weighted by molar-refractivity contribution is 9.10. The third-order valence-electron chi connectivity index (χ3n) is 2.55. The SMILES string of the molecule is Cc1cc(Br)oc1C(=O)NCc1ccc(Br)cc1Cl. The molecule has 19 heavy (non-hydrogen) atoms. The van der Waals surface area contributed by atoms with Crippen LogP contribution in [0.25, 0.3) is 0 Å². The fraction of sp³-hybridized carbons (Fsp3) is 0.154. The van der Waals surface area contributed by atoms with Gasteiger partial charge in [-0.2, -0.15) is 0 Å². The van der Waals surface area contributed by atoms with Crippen molar-refractivity contribution in [3.63, 3.8) is 0 Å². The van der Waals surface area contributed by atoms with E-state index in [9.17, 15) is 4.79 Å². The molecular formula is C13H10Br2ClNO2. The zero-order valence-corrected chi connectivity index (χ0v) is 13.9. The first kappa shape index (κ1) is 14.6. The number of hydrogen-bond donors (Lipinski definition) is 1. The Bertz CT molecular complexity index is 625. The van der Waals surface area contributed by atoms with Gasteiger partial charge in [-0.1, -0.05) is 33.6 Å². The van der Waals surface area contributed by atoms with Gasteiger partial charge in [0.15, 0.2) is 10.4 Å². The summed E-state index contributed by atoms with van der Waals surface area (Å²) in [4.78, 5) is 12.0. The molecule has 0 saturated heterocycles. The van der Waals surface area contributed by atoms with E-state index < -0.39 is 0 Å². The largest absolute Gasteiger partial charge is 0.444 e. The molecule has 0 unspecified atom stereocenters. The third-order valence-corrected chi connectivity index (χ3v) is 3.78. The van der Waals surface area contributed by atoms with Gasteiger partial charge in [0, 0.05) is 21.6 Å². The molecule has 0 saturated carbocycles. The van der Waals surface area contributed by atoms with Crippen LogP contribution in [-0.4, -0.2) is 5.91 Å². The fourth-order valence-electron chi connectivity index (χ4n) is 1.59. The lowest BCUT2D eigenvalue weighted by atomic mass is 10.2. The van der Waals surface area contributed by atoms with Crippen LogP contribution in [-0.2, 0) is 6.54 Å². The molecule has 100 valence electrons. The second-order valence-electron chi connectivity index (χ2n) is 3.98. The summed E-state index contributed by atoms with van der Waals surface area (Å²) in [7, 11) is 0. The molecule has 2 rings (SSSR count). The van der Waals surface area contributed by atoms with Crippen LogP contribution < -0.4 is 5.32 Å². The molecule has 6 heteroatoms. The highest BCUT2D eigenvalue weighted by Gasteiger charge is 2.14. The van der Waals surface area contributed by atoms with Crippen LogP contribution in [0.15, 0.2) is 37.8 Å². The average molecular weight is 407 g/mol. The summed E-state index contributed by atoms with van der Waals surface area (Å²) in [5.74, 6) is 0.0438. The minimum Gasteiger partial charge on any atom is -0.444 e. The topological polar surface area (TPSA) is 42.2 Å². The zero-order valence-electron chi connectivity index (χ0n) is 9.97. The number of rotatable bonds is 3. The quantitative estimate of drug-likeness (QED) is 0.802. The van der Waals surface area contributed by atoms with Crippen LogP contribution in [0.1, 0.15) is 21.7 Å². The first-order valence-corrected chi connectivity index (χ1v) is 7.42. The Hall–Kier alpha value is -0.780. The predicted octanol–water partition coefficient (Wildman–Crippen LogP) is 4.70. The minimum absolute atomic E-state index is 0.262. The lowest BCUT2D eigenvalue weighted by molar-refractivity contribution is 0.0921. The van der Waals surface area contributed by atoms with E-state index in [-0.39, 0.29) is 5.91 Å². The number of amides is 1. The van der Waals surface area contributed by atoms with Gasteiger partial charge >= 0.3 is 0 Å². The summed E-state index contributed by atoms with van der Waals surface area (Å²) in [6.45, 7) is 2.17. The van der Waals surface area contributed by atoms with Crippen LogP contribution in [0.4, 0.5) is 0 Å². The van der Waals surface area contributed by atoms with Gasteiger partial charge in [-0.05, 0) is 46.6 Å². The zero-order chi connectivity index (χ0) is 14.0. The molecule has 0 bridgehead atoms. The monoisotopic (exact) mass is 405 g/mol. The van der Waals surface area contributed by atoms with Crippen molar-refractivity contribution in [3.8, 4) is 0 Å². The Morgan fingerprint density at radius 3 is 2.68 bits per heavy atom. The summed E-state index contributed by atoms with van der Waals surface area (Å²) in [6.07, 6.45) is 0. The number of furan rings is 1. The molecule has 0 aliphatic carbocycles. The van der Waals surface area contributed by atoms with Gasteiger partial charge in [0.25, 0.3) is 5.91 Å². The predicted molar refractivity (Wildman–Crippen MR) is 81.5 cm³/mol. The van der Waals surface area contributed by atoms with Crippen molar-refractivity contribution in [3.05, 3.63) is 55.3 Å². The number of benzene rings is 1. The van der Waals surface area contributed by atoms with Gasteiger partial charge in [-0.3, -0.25) is 4.79 Å². The Morgan fingerprint density at radius 2 is 2.11 bits per heavy atom. The van der Waals surface area contributed by atoms with E-state index in [0.29, 0.717) is 22.0 Å². The maximum absolute atomic E-state index is 12.0. The summed E-state index contributed by atoms with van der Waals surface area (Å²) in [5, 5.41) is 3.38. The van der Waals surface area contributed by atoms with E-state index in [2.05, 4.69) is 37.2 Å².